The van der Waals surface area contributed by atoms with E-state index in [0.29, 0.717) is 0 Å². The number of nitrogens with one attached hydrogen (secondary N) is 2. The molecule has 1 saturated heterocycles. The standard InChI is InChI=1S/C12H22N2O.ClH/c1-4-6-10(2)14-11(15)12(3)7-5-8-13-9-12;/h4,10,13H,1,5-9H2,2-3H3,(H,14,15);1H. The third-order valence-electron chi connectivity index (χ3n) is 3.04. The molecule has 0 aliphatic carbocycles. The normalized spacial score (nSPS) is 26.4. The lowest BCUT2D eigenvalue weighted by molar-refractivity contribution is -0.131. The minimum absolute atomic E-state index is 0. The number of rotatable bonds is 4. The van der Waals surface area contributed by atoms with Crippen LogP contribution >= 0.6 is 12.4 Å². The molecule has 0 bridgehead atoms. The van der Waals surface area contributed by atoms with Crippen LogP contribution in [0.25, 0.3) is 0 Å². The maximum absolute atomic E-state index is 12.0. The number of hydrogen-bond donors (Lipinski definition) is 2. The zero-order valence-corrected chi connectivity index (χ0v) is 11.0. The summed E-state index contributed by atoms with van der Waals surface area (Å²) in [6, 6.07) is 0.189. The van der Waals surface area contributed by atoms with Gasteiger partial charge in [0.05, 0.1) is 5.41 Å². The van der Waals surface area contributed by atoms with Gasteiger partial charge in [-0.15, -0.1) is 19.0 Å². The fourth-order valence-electron chi connectivity index (χ4n) is 1.96. The molecule has 0 aromatic carbocycles. The Labute approximate surface area is 104 Å². The summed E-state index contributed by atoms with van der Waals surface area (Å²) in [6.45, 7) is 9.55. The average Bonchev–Trinajstić information content (AvgIpc) is 2.19. The van der Waals surface area contributed by atoms with Gasteiger partial charge in [0.25, 0.3) is 0 Å². The Morgan fingerprint density at radius 3 is 2.88 bits per heavy atom. The highest BCUT2D eigenvalue weighted by atomic mass is 35.5. The van der Waals surface area contributed by atoms with E-state index in [-0.39, 0.29) is 29.8 Å². The smallest absolute Gasteiger partial charge is 0.227 e. The molecule has 1 aliphatic heterocycles. The quantitative estimate of drug-likeness (QED) is 0.744. The van der Waals surface area contributed by atoms with E-state index in [0.717, 1.165) is 32.4 Å². The molecule has 2 unspecified atom stereocenters. The highest BCUT2D eigenvalue weighted by Gasteiger charge is 2.34. The van der Waals surface area contributed by atoms with Gasteiger partial charge in [-0.25, -0.2) is 0 Å². The van der Waals surface area contributed by atoms with Crippen molar-refractivity contribution in [2.75, 3.05) is 13.1 Å². The number of hydrogen-bond acceptors (Lipinski definition) is 2. The van der Waals surface area contributed by atoms with Crippen molar-refractivity contribution in [3.63, 3.8) is 0 Å². The lowest BCUT2D eigenvalue weighted by Crippen LogP contribution is -2.50. The van der Waals surface area contributed by atoms with Gasteiger partial charge >= 0.3 is 0 Å². The van der Waals surface area contributed by atoms with Crippen LogP contribution in [0.1, 0.15) is 33.1 Å². The zero-order valence-electron chi connectivity index (χ0n) is 10.2. The Morgan fingerprint density at radius 1 is 1.69 bits per heavy atom. The number of amides is 1. The van der Waals surface area contributed by atoms with Crippen molar-refractivity contribution in [1.29, 1.82) is 0 Å². The summed E-state index contributed by atoms with van der Waals surface area (Å²) in [5.74, 6) is 0.170. The molecule has 0 saturated carbocycles. The number of carbonyl (C=O) groups excluding carboxylic acids is 1. The van der Waals surface area contributed by atoms with Gasteiger partial charge in [-0.05, 0) is 39.7 Å². The lowest BCUT2D eigenvalue weighted by atomic mass is 9.81. The molecule has 16 heavy (non-hydrogen) atoms. The molecule has 3 nitrogen and oxygen atoms in total. The van der Waals surface area contributed by atoms with Crippen molar-refractivity contribution in [2.45, 2.75) is 39.2 Å². The second-order valence-corrected chi connectivity index (χ2v) is 4.74. The summed E-state index contributed by atoms with van der Waals surface area (Å²) in [4.78, 5) is 12.0. The van der Waals surface area contributed by atoms with Crippen LogP contribution in [-0.4, -0.2) is 25.0 Å². The van der Waals surface area contributed by atoms with Crippen LogP contribution in [0, 0.1) is 5.41 Å². The molecule has 1 heterocycles. The van der Waals surface area contributed by atoms with Crippen LogP contribution in [0.4, 0.5) is 0 Å². The molecule has 4 heteroatoms. The second kappa shape index (κ2) is 6.92. The first-order chi connectivity index (χ1) is 7.08. The molecule has 1 fully saturated rings. The highest BCUT2D eigenvalue weighted by Crippen LogP contribution is 2.25. The van der Waals surface area contributed by atoms with Crippen LogP contribution in [0.3, 0.4) is 0 Å². The van der Waals surface area contributed by atoms with E-state index < -0.39 is 0 Å². The molecule has 0 aromatic heterocycles. The molecule has 1 aliphatic rings. The Balaban J connectivity index is 0.00000225. The van der Waals surface area contributed by atoms with E-state index in [1.54, 1.807) is 0 Å². The summed E-state index contributed by atoms with van der Waals surface area (Å²) < 4.78 is 0. The van der Waals surface area contributed by atoms with Gasteiger partial charge in [-0.2, -0.15) is 0 Å². The lowest BCUT2D eigenvalue weighted by Gasteiger charge is -2.33. The predicted molar refractivity (Wildman–Crippen MR) is 69.9 cm³/mol. The third kappa shape index (κ3) is 4.14. The van der Waals surface area contributed by atoms with E-state index in [1.807, 2.05) is 19.9 Å². The third-order valence-corrected chi connectivity index (χ3v) is 3.04. The molecule has 94 valence electrons. The summed E-state index contributed by atoms with van der Waals surface area (Å²) >= 11 is 0. The fourth-order valence-corrected chi connectivity index (χ4v) is 1.96. The molecule has 1 amide bonds. The summed E-state index contributed by atoms with van der Waals surface area (Å²) in [5.41, 5.74) is -0.228. The van der Waals surface area contributed by atoms with E-state index in [9.17, 15) is 4.79 Å². The molecular weight excluding hydrogens is 224 g/mol. The molecule has 2 N–H and O–H groups in total. The number of piperidine rings is 1. The van der Waals surface area contributed by atoms with E-state index >= 15 is 0 Å². The minimum Gasteiger partial charge on any atom is -0.353 e. The van der Waals surface area contributed by atoms with Gasteiger partial charge in [-0.3, -0.25) is 4.79 Å². The van der Waals surface area contributed by atoms with Crippen LogP contribution in [-0.2, 0) is 4.79 Å². The molecule has 0 radical (unpaired) electrons. The Kier molecular flexibility index (Phi) is 6.68. The van der Waals surface area contributed by atoms with Crippen molar-refractivity contribution < 1.29 is 4.79 Å². The zero-order chi connectivity index (χ0) is 11.3. The van der Waals surface area contributed by atoms with Gasteiger partial charge < -0.3 is 10.6 Å². The largest absolute Gasteiger partial charge is 0.353 e. The molecule has 2 atom stereocenters. The summed E-state index contributed by atoms with van der Waals surface area (Å²) in [6.07, 6.45) is 4.73. The second-order valence-electron chi connectivity index (χ2n) is 4.74. The first-order valence-electron chi connectivity index (χ1n) is 5.71. The van der Waals surface area contributed by atoms with Crippen molar-refractivity contribution >= 4 is 18.3 Å². The first-order valence-corrected chi connectivity index (χ1v) is 5.71. The maximum Gasteiger partial charge on any atom is 0.227 e. The van der Waals surface area contributed by atoms with Crippen molar-refractivity contribution in [2.24, 2.45) is 5.41 Å². The fraction of sp³-hybridized carbons (Fsp3) is 0.750. The average molecular weight is 247 g/mol. The summed E-state index contributed by atoms with van der Waals surface area (Å²) in [7, 11) is 0. The predicted octanol–water partition coefficient (Wildman–Crippen LogP) is 1.88. The van der Waals surface area contributed by atoms with Crippen LogP contribution in [0.15, 0.2) is 12.7 Å². The van der Waals surface area contributed by atoms with Gasteiger partial charge in [0.2, 0.25) is 5.91 Å². The van der Waals surface area contributed by atoms with E-state index in [2.05, 4.69) is 17.2 Å². The van der Waals surface area contributed by atoms with Gasteiger partial charge in [0, 0.05) is 12.6 Å². The minimum atomic E-state index is -0.228. The van der Waals surface area contributed by atoms with Gasteiger partial charge in [0.1, 0.15) is 0 Å². The number of halogens is 1. The van der Waals surface area contributed by atoms with Crippen LogP contribution in [0.5, 0.6) is 0 Å². The topological polar surface area (TPSA) is 41.1 Å². The summed E-state index contributed by atoms with van der Waals surface area (Å²) in [5, 5.41) is 6.32. The molecular formula is C12H23ClN2O. The molecule has 1 rings (SSSR count). The van der Waals surface area contributed by atoms with Gasteiger partial charge in [-0.1, -0.05) is 6.08 Å². The Morgan fingerprint density at radius 2 is 2.38 bits per heavy atom. The van der Waals surface area contributed by atoms with Crippen molar-refractivity contribution in [3.8, 4) is 0 Å². The van der Waals surface area contributed by atoms with Gasteiger partial charge in [0.15, 0.2) is 0 Å². The number of carbonyl (C=O) groups is 1. The first kappa shape index (κ1) is 15.5. The van der Waals surface area contributed by atoms with Crippen LogP contribution in [0.2, 0.25) is 0 Å². The SMILES string of the molecule is C=CCC(C)NC(=O)C1(C)CCCNC1.Cl. The molecule has 0 aromatic rings. The van der Waals surface area contributed by atoms with Crippen LogP contribution < -0.4 is 10.6 Å². The molecule has 0 spiro atoms. The van der Waals surface area contributed by atoms with Crippen molar-refractivity contribution in [1.82, 2.24) is 10.6 Å². The Hall–Kier alpha value is -0.540. The monoisotopic (exact) mass is 246 g/mol. The highest BCUT2D eigenvalue weighted by molar-refractivity contribution is 5.85. The maximum atomic E-state index is 12.0. The van der Waals surface area contributed by atoms with E-state index in [4.69, 9.17) is 0 Å². The Bertz CT molecular complexity index is 237. The van der Waals surface area contributed by atoms with Crippen molar-refractivity contribution in [3.05, 3.63) is 12.7 Å². The van der Waals surface area contributed by atoms with E-state index in [1.165, 1.54) is 0 Å².